The number of sulfonamides is 1. The Labute approximate surface area is 207 Å². The second-order valence-electron chi connectivity index (χ2n) is 9.19. The molecule has 34 heavy (non-hydrogen) atoms. The highest BCUT2D eigenvalue weighted by Gasteiger charge is 2.30. The van der Waals surface area contributed by atoms with Crippen LogP contribution in [0.2, 0.25) is 5.02 Å². The van der Waals surface area contributed by atoms with E-state index in [-0.39, 0.29) is 21.4 Å². The Kier molecular flexibility index (Phi) is 8.26. The quantitative estimate of drug-likeness (QED) is 0.627. The summed E-state index contributed by atoms with van der Waals surface area (Å²) >= 11 is 6.25. The van der Waals surface area contributed by atoms with Crippen LogP contribution in [-0.4, -0.2) is 74.7 Å². The highest BCUT2D eigenvalue weighted by atomic mass is 35.5. The lowest BCUT2D eigenvalue weighted by Crippen LogP contribution is -2.47. The van der Waals surface area contributed by atoms with Gasteiger partial charge in [0.1, 0.15) is 4.90 Å². The second kappa shape index (κ2) is 11.2. The number of piperidine rings is 1. The van der Waals surface area contributed by atoms with Crippen molar-refractivity contribution >= 4 is 27.5 Å². The molecule has 1 N–H and O–H groups in total. The zero-order valence-corrected chi connectivity index (χ0v) is 21.2. The normalized spacial score (nSPS) is 18.6. The number of hydrogen-bond donors (Lipinski definition) is 1. The van der Waals surface area contributed by atoms with Gasteiger partial charge >= 0.3 is 0 Å². The van der Waals surface area contributed by atoms with Crippen LogP contribution >= 0.6 is 11.6 Å². The minimum atomic E-state index is -3.77. The predicted molar refractivity (Wildman–Crippen MR) is 134 cm³/mol. The molecule has 184 valence electrons. The first-order valence-corrected chi connectivity index (χ1v) is 13.7. The number of piperazine rings is 1. The first-order valence-electron chi connectivity index (χ1n) is 11.9. The van der Waals surface area contributed by atoms with Crippen LogP contribution in [0.15, 0.2) is 47.4 Å². The van der Waals surface area contributed by atoms with E-state index in [2.05, 4.69) is 27.2 Å². The van der Waals surface area contributed by atoms with Gasteiger partial charge in [-0.05, 0) is 62.3 Å². The smallest absolute Gasteiger partial charge is 0.251 e. The summed E-state index contributed by atoms with van der Waals surface area (Å²) in [5, 5.41) is 3.04. The molecule has 0 bridgehead atoms. The number of likely N-dealkylation sites (tertiary alicyclic amines) is 1. The Morgan fingerprint density at radius 1 is 0.941 bits per heavy atom. The van der Waals surface area contributed by atoms with Crippen molar-refractivity contribution in [3.63, 3.8) is 0 Å². The van der Waals surface area contributed by atoms with Gasteiger partial charge in [0.15, 0.2) is 0 Å². The van der Waals surface area contributed by atoms with Gasteiger partial charge in [-0.15, -0.1) is 0 Å². The van der Waals surface area contributed by atoms with Crippen molar-refractivity contribution in [2.24, 2.45) is 0 Å². The van der Waals surface area contributed by atoms with Gasteiger partial charge in [0.2, 0.25) is 10.0 Å². The lowest BCUT2D eigenvalue weighted by atomic mass is 10.1. The zero-order chi connectivity index (χ0) is 24.1. The third kappa shape index (κ3) is 6.17. The van der Waals surface area contributed by atoms with E-state index < -0.39 is 10.0 Å². The summed E-state index contributed by atoms with van der Waals surface area (Å²) < 4.78 is 27.7. The van der Waals surface area contributed by atoms with Crippen molar-refractivity contribution in [2.45, 2.75) is 37.2 Å². The van der Waals surface area contributed by atoms with Crippen molar-refractivity contribution in [2.75, 3.05) is 46.3 Å². The Balaban J connectivity index is 1.41. The molecule has 2 aliphatic heterocycles. The van der Waals surface area contributed by atoms with Crippen LogP contribution in [0.5, 0.6) is 0 Å². The molecule has 2 aliphatic rings. The van der Waals surface area contributed by atoms with E-state index in [1.54, 1.807) is 6.07 Å². The highest BCUT2D eigenvalue weighted by Crippen LogP contribution is 2.26. The van der Waals surface area contributed by atoms with Gasteiger partial charge in [0.05, 0.1) is 5.02 Å². The summed E-state index contributed by atoms with van der Waals surface area (Å²) in [4.78, 5) is 17.4. The highest BCUT2D eigenvalue weighted by molar-refractivity contribution is 7.89. The van der Waals surface area contributed by atoms with E-state index >= 15 is 0 Å². The fourth-order valence-electron chi connectivity index (χ4n) is 4.51. The summed E-state index contributed by atoms with van der Waals surface area (Å²) in [6, 6.07) is 12.7. The first kappa shape index (κ1) is 25.1. The lowest BCUT2D eigenvalue weighted by molar-refractivity contribution is 0.0950. The minimum absolute atomic E-state index is 0.0186. The van der Waals surface area contributed by atoms with Crippen LogP contribution < -0.4 is 5.32 Å². The summed E-state index contributed by atoms with van der Waals surface area (Å²) in [5.41, 5.74) is 2.53. The number of likely N-dealkylation sites (N-methyl/N-ethyl adjacent to an activating group) is 1. The average Bonchev–Trinajstić information content (AvgIpc) is 2.84. The third-order valence-corrected chi connectivity index (χ3v) is 8.95. The van der Waals surface area contributed by atoms with Crippen molar-refractivity contribution in [1.29, 1.82) is 0 Å². The molecule has 2 aromatic carbocycles. The summed E-state index contributed by atoms with van der Waals surface area (Å²) in [6.45, 7) is 5.69. The molecular formula is C25H33ClN4O3S. The number of carbonyl (C=O) groups excluding carboxylic acids is 1. The van der Waals surface area contributed by atoms with Crippen molar-refractivity contribution in [1.82, 2.24) is 19.4 Å². The number of rotatable bonds is 7. The number of hydrogen-bond acceptors (Lipinski definition) is 5. The van der Waals surface area contributed by atoms with Gasteiger partial charge in [-0.3, -0.25) is 9.69 Å². The number of amides is 1. The molecule has 7 nitrogen and oxygen atoms in total. The molecule has 1 amide bonds. The lowest BCUT2D eigenvalue weighted by Gasteiger charge is -2.31. The van der Waals surface area contributed by atoms with E-state index in [0.717, 1.165) is 25.2 Å². The van der Waals surface area contributed by atoms with Crippen molar-refractivity contribution in [3.05, 3.63) is 64.2 Å². The summed E-state index contributed by atoms with van der Waals surface area (Å²) in [6.07, 6.45) is 3.82. The van der Waals surface area contributed by atoms with Gasteiger partial charge in [0.25, 0.3) is 5.91 Å². The molecule has 2 fully saturated rings. The Morgan fingerprint density at radius 3 is 2.38 bits per heavy atom. The number of nitrogens with one attached hydrogen (secondary N) is 1. The molecule has 2 heterocycles. The number of halogens is 1. The molecule has 2 saturated heterocycles. The van der Waals surface area contributed by atoms with Gasteiger partial charge in [-0.2, -0.15) is 4.31 Å². The van der Waals surface area contributed by atoms with Crippen LogP contribution in [0.4, 0.5) is 0 Å². The molecule has 0 atom stereocenters. The molecule has 0 radical (unpaired) electrons. The Morgan fingerprint density at radius 2 is 1.65 bits per heavy atom. The topological polar surface area (TPSA) is 73.0 Å². The van der Waals surface area contributed by atoms with Gasteiger partial charge in [0, 0.05) is 44.8 Å². The first-order chi connectivity index (χ1) is 16.3. The fourth-order valence-corrected chi connectivity index (χ4v) is 6.43. The summed E-state index contributed by atoms with van der Waals surface area (Å²) in [5.74, 6) is -0.326. The summed E-state index contributed by atoms with van der Waals surface area (Å²) in [7, 11) is -1.81. The largest absolute Gasteiger partial charge is 0.348 e. The SMILES string of the molecule is CN1CCN(S(=O)(=O)c2cc(C(=O)NCc3cccc(CN4CCCCC4)c3)ccc2Cl)CC1. The van der Waals surface area contributed by atoms with Crippen molar-refractivity contribution in [3.8, 4) is 0 Å². The van der Waals surface area contributed by atoms with Crippen LogP contribution in [0, 0.1) is 0 Å². The molecule has 0 spiro atoms. The maximum Gasteiger partial charge on any atom is 0.251 e. The Hall–Kier alpha value is -1.97. The van der Waals surface area contributed by atoms with Gasteiger partial charge < -0.3 is 10.2 Å². The monoisotopic (exact) mass is 504 g/mol. The van der Waals surface area contributed by atoms with E-state index in [9.17, 15) is 13.2 Å². The van der Waals surface area contributed by atoms with E-state index in [0.29, 0.717) is 32.7 Å². The van der Waals surface area contributed by atoms with Crippen LogP contribution in [0.25, 0.3) is 0 Å². The van der Waals surface area contributed by atoms with E-state index in [1.165, 1.54) is 41.3 Å². The van der Waals surface area contributed by atoms with Crippen LogP contribution in [-0.2, 0) is 23.1 Å². The maximum absolute atomic E-state index is 13.2. The fraction of sp³-hybridized carbons (Fsp3) is 0.480. The molecular weight excluding hydrogens is 472 g/mol. The van der Waals surface area contributed by atoms with E-state index in [1.807, 2.05) is 19.2 Å². The second-order valence-corrected chi connectivity index (χ2v) is 11.5. The van der Waals surface area contributed by atoms with Gasteiger partial charge in [-0.25, -0.2) is 8.42 Å². The van der Waals surface area contributed by atoms with Crippen molar-refractivity contribution < 1.29 is 13.2 Å². The number of nitrogens with zero attached hydrogens (tertiary/aromatic N) is 3. The van der Waals surface area contributed by atoms with E-state index in [4.69, 9.17) is 11.6 Å². The molecule has 0 aliphatic carbocycles. The predicted octanol–water partition coefficient (Wildman–Crippen LogP) is 3.19. The molecule has 0 saturated carbocycles. The van der Waals surface area contributed by atoms with Gasteiger partial charge in [-0.1, -0.05) is 42.3 Å². The zero-order valence-electron chi connectivity index (χ0n) is 19.7. The molecule has 0 unspecified atom stereocenters. The number of carbonyl (C=O) groups is 1. The maximum atomic E-state index is 13.2. The minimum Gasteiger partial charge on any atom is -0.348 e. The molecule has 9 heteroatoms. The molecule has 2 aromatic rings. The van der Waals surface area contributed by atoms with Crippen LogP contribution in [0.3, 0.4) is 0 Å². The third-order valence-electron chi connectivity index (χ3n) is 6.57. The standard InChI is InChI=1S/C25H33ClN4O3S/c1-28-12-14-30(15-13-28)34(32,33)24-17-22(8-9-23(24)26)25(31)27-18-20-6-5-7-21(16-20)19-29-10-3-2-4-11-29/h5-9,16-17H,2-4,10-15,18-19H2,1H3,(H,27,31). The van der Waals surface area contributed by atoms with Crippen LogP contribution in [0.1, 0.15) is 40.7 Å². The average molecular weight is 505 g/mol. The molecule has 0 aromatic heterocycles. The number of benzene rings is 2. The Bertz CT molecular complexity index is 1110. The molecule has 4 rings (SSSR count).